The van der Waals surface area contributed by atoms with Crippen LogP contribution in [0.2, 0.25) is 0 Å². The average molecular weight is 281 g/mol. The molecule has 106 valence electrons. The SMILES string of the molecule is COc1cc(C)ccc1C(=O)Cn1nnc2ccccc21. The zero-order chi connectivity index (χ0) is 14.8. The van der Waals surface area contributed by atoms with Crippen molar-refractivity contribution in [3.05, 3.63) is 53.6 Å². The van der Waals surface area contributed by atoms with Crippen molar-refractivity contribution in [2.75, 3.05) is 7.11 Å². The zero-order valence-corrected chi connectivity index (χ0v) is 11.9. The first-order valence-corrected chi connectivity index (χ1v) is 6.65. The normalized spacial score (nSPS) is 10.8. The number of para-hydroxylation sites is 1. The van der Waals surface area contributed by atoms with Gasteiger partial charge in [0.2, 0.25) is 0 Å². The van der Waals surface area contributed by atoms with E-state index < -0.39 is 0 Å². The molecule has 21 heavy (non-hydrogen) atoms. The molecule has 3 rings (SSSR count). The van der Waals surface area contributed by atoms with Crippen LogP contribution in [-0.4, -0.2) is 27.9 Å². The Balaban J connectivity index is 1.93. The van der Waals surface area contributed by atoms with Crippen LogP contribution in [0.1, 0.15) is 15.9 Å². The van der Waals surface area contributed by atoms with Crippen LogP contribution < -0.4 is 4.74 Å². The maximum atomic E-state index is 12.5. The molecule has 0 unspecified atom stereocenters. The number of ketones is 1. The molecule has 2 aromatic carbocycles. The molecule has 5 heteroatoms. The third-order valence-corrected chi connectivity index (χ3v) is 3.37. The highest BCUT2D eigenvalue weighted by Crippen LogP contribution is 2.21. The number of fused-ring (bicyclic) bond motifs is 1. The number of carbonyl (C=O) groups is 1. The van der Waals surface area contributed by atoms with E-state index >= 15 is 0 Å². The number of methoxy groups -OCH3 is 1. The van der Waals surface area contributed by atoms with Gasteiger partial charge in [0, 0.05) is 0 Å². The molecule has 1 aromatic heterocycles. The lowest BCUT2D eigenvalue weighted by Gasteiger charge is -2.08. The summed E-state index contributed by atoms with van der Waals surface area (Å²) < 4.78 is 6.90. The van der Waals surface area contributed by atoms with Crippen LogP contribution in [0, 0.1) is 6.92 Å². The van der Waals surface area contributed by atoms with Crippen molar-refractivity contribution < 1.29 is 9.53 Å². The van der Waals surface area contributed by atoms with Gasteiger partial charge < -0.3 is 4.74 Å². The van der Waals surface area contributed by atoms with E-state index in [0.717, 1.165) is 16.6 Å². The predicted octanol–water partition coefficient (Wildman–Crippen LogP) is 2.63. The third kappa shape index (κ3) is 2.50. The minimum atomic E-state index is -0.0532. The van der Waals surface area contributed by atoms with Crippen LogP contribution in [0.4, 0.5) is 0 Å². The number of hydrogen-bond donors (Lipinski definition) is 0. The summed E-state index contributed by atoms with van der Waals surface area (Å²) >= 11 is 0. The Labute approximate surface area is 122 Å². The molecule has 0 aliphatic carbocycles. The van der Waals surface area contributed by atoms with Crippen molar-refractivity contribution in [2.45, 2.75) is 13.5 Å². The third-order valence-electron chi connectivity index (χ3n) is 3.37. The minimum Gasteiger partial charge on any atom is -0.496 e. The van der Waals surface area contributed by atoms with Crippen LogP contribution in [0.25, 0.3) is 11.0 Å². The quantitative estimate of drug-likeness (QED) is 0.690. The Morgan fingerprint density at radius 3 is 2.86 bits per heavy atom. The highest BCUT2D eigenvalue weighted by molar-refractivity contribution is 5.99. The average Bonchev–Trinajstić information content (AvgIpc) is 2.90. The lowest BCUT2D eigenvalue weighted by Crippen LogP contribution is -2.13. The van der Waals surface area contributed by atoms with Gasteiger partial charge in [-0.2, -0.15) is 0 Å². The topological polar surface area (TPSA) is 57.0 Å². The summed E-state index contributed by atoms with van der Waals surface area (Å²) in [4.78, 5) is 12.5. The molecule has 5 nitrogen and oxygen atoms in total. The van der Waals surface area contributed by atoms with E-state index in [1.54, 1.807) is 17.9 Å². The second kappa shape index (κ2) is 5.36. The second-order valence-electron chi connectivity index (χ2n) is 4.86. The van der Waals surface area contributed by atoms with E-state index in [0.29, 0.717) is 11.3 Å². The highest BCUT2D eigenvalue weighted by Gasteiger charge is 2.15. The number of Topliss-reactive ketones (excluding diaryl/α,β-unsaturated/α-hetero) is 1. The predicted molar refractivity (Wildman–Crippen MR) is 79.6 cm³/mol. The summed E-state index contributed by atoms with van der Waals surface area (Å²) in [6.45, 7) is 2.10. The summed E-state index contributed by atoms with van der Waals surface area (Å²) in [7, 11) is 1.57. The Bertz CT molecular complexity index is 808. The number of carbonyl (C=O) groups excluding carboxylic acids is 1. The second-order valence-corrected chi connectivity index (χ2v) is 4.86. The molecule has 0 aliphatic rings. The Hall–Kier alpha value is -2.69. The van der Waals surface area contributed by atoms with Crippen LogP contribution in [0.3, 0.4) is 0 Å². The van der Waals surface area contributed by atoms with E-state index in [1.807, 2.05) is 43.3 Å². The summed E-state index contributed by atoms with van der Waals surface area (Å²) in [5.74, 6) is 0.534. The smallest absolute Gasteiger partial charge is 0.188 e. The number of aryl methyl sites for hydroxylation is 1. The monoisotopic (exact) mass is 281 g/mol. The Kier molecular flexibility index (Phi) is 3.39. The number of nitrogens with zero attached hydrogens (tertiary/aromatic N) is 3. The number of rotatable bonds is 4. The van der Waals surface area contributed by atoms with E-state index in [2.05, 4.69) is 10.3 Å². The van der Waals surface area contributed by atoms with Gasteiger partial charge in [-0.05, 0) is 36.8 Å². The summed E-state index contributed by atoms with van der Waals surface area (Å²) in [6.07, 6.45) is 0. The van der Waals surface area contributed by atoms with Crippen LogP contribution >= 0.6 is 0 Å². The van der Waals surface area contributed by atoms with Gasteiger partial charge in [0.05, 0.1) is 18.2 Å². The molecule has 3 aromatic rings. The molecule has 0 fully saturated rings. The first-order valence-electron chi connectivity index (χ1n) is 6.65. The molecule has 0 saturated carbocycles. The number of ether oxygens (including phenoxy) is 1. The standard InChI is InChI=1S/C16H15N3O2/c1-11-7-8-12(16(9-11)21-2)15(20)10-19-14-6-4-3-5-13(14)17-18-19/h3-9H,10H2,1-2H3. The molecule has 0 radical (unpaired) electrons. The number of benzene rings is 2. The number of aromatic nitrogens is 3. The first kappa shape index (κ1) is 13.3. The molecule has 0 atom stereocenters. The fourth-order valence-electron chi connectivity index (χ4n) is 2.28. The van der Waals surface area contributed by atoms with E-state index in [4.69, 9.17) is 4.74 Å². The van der Waals surface area contributed by atoms with Gasteiger partial charge in [0.15, 0.2) is 5.78 Å². The van der Waals surface area contributed by atoms with Gasteiger partial charge in [0.25, 0.3) is 0 Å². The van der Waals surface area contributed by atoms with Crippen molar-refractivity contribution in [2.24, 2.45) is 0 Å². The van der Waals surface area contributed by atoms with Crippen LogP contribution in [0.5, 0.6) is 5.75 Å². The summed E-state index contributed by atoms with van der Waals surface area (Å²) in [5, 5.41) is 8.09. The highest BCUT2D eigenvalue weighted by atomic mass is 16.5. The maximum absolute atomic E-state index is 12.5. The van der Waals surface area contributed by atoms with Gasteiger partial charge in [-0.25, -0.2) is 4.68 Å². The van der Waals surface area contributed by atoms with E-state index in [1.165, 1.54) is 0 Å². The fraction of sp³-hybridized carbons (Fsp3) is 0.188. The van der Waals surface area contributed by atoms with Crippen LogP contribution in [-0.2, 0) is 6.54 Å². The lowest BCUT2D eigenvalue weighted by atomic mass is 10.1. The lowest BCUT2D eigenvalue weighted by molar-refractivity contribution is 0.0965. The molecule has 0 aliphatic heterocycles. The summed E-state index contributed by atoms with van der Waals surface area (Å²) in [6, 6.07) is 13.1. The van der Waals surface area contributed by atoms with Gasteiger partial charge >= 0.3 is 0 Å². The van der Waals surface area contributed by atoms with E-state index in [-0.39, 0.29) is 12.3 Å². The van der Waals surface area contributed by atoms with Gasteiger partial charge in [-0.1, -0.05) is 23.4 Å². The summed E-state index contributed by atoms with van der Waals surface area (Å²) in [5.41, 5.74) is 3.23. The van der Waals surface area contributed by atoms with Crippen molar-refractivity contribution >= 4 is 16.8 Å². The Morgan fingerprint density at radius 1 is 1.24 bits per heavy atom. The van der Waals surface area contributed by atoms with Gasteiger partial charge in [-0.15, -0.1) is 5.10 Å². The molecule has 0 bridgehead atoms. The minimum absolute atomic E-state index is 0.0532. The maximum Gasteiger partial charge on any atom is 0.188 e. The fourth-order valence-corrected chi connectivity index (χ4v) is 2.28. The van der Waals surface area contributed by atoms with E-state index in [9.17, 15) is 4.79 Å². The molecule has 0 spiro atoms. The molecule has 1 heterocycles. The zero-order valence-electron chi connectivity index (χ0n) is 11.9. The largest absolute Gasteiger partial charge is 0.496 e. The first-order chi connectivity index (χ1) is 10.2. The molecule has 0 N–H and O–H groups in total. The van der Waals surface area contributed by atoms with Crippen molar-refractivity contribution in [3.63, 3.8) is 0 Å². The van der Waals surface area contributed by atoms with Crippen molar-refractivity contribution in [1.82, 2.24) is 15.0 Å². The van der Waals surface area contributed by atoms with Gasteiger partial charge in [0.1, 0.15) is 17.8 Å². The van der Waals surface area contributed by atoms with Crippen LogP contribution in [0.15, 0.2) is 42.5 Å². The number of hydrogen-bond acceptors (Lipinski definition) is 4. The van der Waals surface area contributed by atoms with Crippen molar-refractivity contribution in [3.8, 4) is 5.75 Å². The molecule has 0 amide bonds. The molecular weight excluding hydrogens is 266 g/mol. The van der Waals surface area contributed by atoms with Gasteiger partial charge in [-0.3, -0.25) is 4.79 Å². The molecule has 0 saturated heterocycles. The Morgan fingerprint density at radius 2 is 2.05 bits per heavy atom. The molecular formula is C16H15N3O2. The van der Waals surface area contributed by atoms with Crippen molar-refractivity contribution in [1.29, 1.82) is 0 Å².